The van der Waals surface area contributed by atoms with Gasteiger partial charge in [0.15, 0.2) is 5.67 Å². The number of carbonyl (C=O) groups excluding carboxylic acids is 4. The fourth-order valence-electron chi connectivity index (χ4n) is 9.71. The third kappa shape index (κ3) is 13.5. The van der Waals surface area contributed by atoms with Crippen molar-refractivity contribution in [2.24, 2.45) is 16.6 Å². The van der Waals surface area contributed by atoms with Crippen LogP contribution in [0.1, 0.15) is 96.7 Å². The second-order valence-electron chi connectivity index (χ2n) is 21.9. The summed E-state index contributed by atoms with van der Waals surface area (Å²) >= 11 is 9.69. The molecule has 8 rings (SSSR count). The molecule has 0 radical (unpaired) electrons. The number of β-amino-alcohol motifs (C(OH)–C–C–N with tert-alkyl or cyclic N) is 1. The zero-order valence-corrected chi connectivity index (χ0v) is 45.3. The number of amides is 4. The molecule has 4 amide bonds. The quantitative estimate of drug-likeness (QED) is 0.0551. The molecule has 5 heterocycles. The topological polar surface area (TPSA) is 228 Å². The Labute approximate surface area is 445 Å². The lowest BCUT2D eigenvalue weighted by molar-refractivity contribution is -0.145. The molecule has 4 fully saturated rings. The molecule has 4 aromatic rings. The molecule has 7 N–H and O–H groups in total. The van der Waals surface area contributed by atoms with Crippen molar-refractivity contribution in [2.45, 2.75) is 138 Å². The highest BCUT2D eigenvalue weighted by molar-refractivity contribution is 7.99. The van der Waals surface area contributed by atoms with E-state index in [0.717, 1.165) is 52.8 Å². The van der Waals surface area contributed by atoms with Crippen molar-refractivity contribution in [3.8, 4) is 16.2 Å². The van der Waals surface area contributed by atoms with Crippen LogP contribution in [0.15, 0.2) is 64.2 Å². The molecule has 0 unspecified atom stereocenters. The number of carbonyl (C=O) groups is 4. The summed E-state index contributed by atoms with van der Waals surface area (Å²) in [5.74, 6) is -0.797. The van der Waals surface area contributed by atoms with Crippen LogP contribution in [0.2, 0.25) is 5.02 Å². The molecule has 0 spiro atoms. The predicted octanol–water partition coefficient (Wildman–Crippen LogP) is 6.51. The van der Waals surface area contributed by atoms with Gasteiger partial charge in [-0.15, -0.1) is 11.3 Å². The van der Waals surface area contributed by atoms with Crippen molar-refractivity contribution in [3.05, 3.63) is 70.6 Å². The Morgan fingerprint density at radius 3 is 2.42 bits per heavy atom. The van der Waals surface area contributed by atoms with E-state index in [0.29, 0.717) is 79.1 Å². The standard InChI is InChI=1S/C53H70ClFN10O7S2/c1-33-45(73-32-60-33)34-10-11-35(27-59-47(68)38-25-36(66)30-65(38)48(69)46(50(2,3)4)62-49(70)53(55)12-13-53)39(24-34)72-23-7-18-63-19-16-52(71,17-20-63)26-42(67)61-37-8-6-9-40(44(37)54)74-43-29-57-41(28-58-43)64-21-14-51(5,31-56)15-22-64/h6,8-11,24,28-29,32,36,38,46,66,71H,7,12-23,25-27,30-31,56H2,1-5H3,(H,59,68)(H,61,67)(H,62,70)/t36-,38+,46-/m1/s1. The summed E-state index contributed by atoms with van der Waals surface area (Å²) in [7, 11) is 0. The van der Waals surface area contributed by atoms with Gasteiger partial charge in [-0.05, 0) is 93.0 Å². The van der Waals surface area contributed by atoms with E-state index in [1.165, 1.54) is 28.0 Å². The van der Waals surface area contributed by atoms with Crippen molar-refractivity contribution in [1.29, 1.82) is 0 Å². The van der Waals surface area contributed by atoms with Crippen LogP contribution in [-0.4, -0.2) is 140 Å². The predicted molar refractivity (Wildman–Crippen MR) is 285 cm³/mol. The van der Waals surface area contributed by atoms with Crippen molar-refractivity contribution < 1.29 is 38.5 Å². The molecule has 1 aliphatic carbocycles. The monoisotopic (exact) mass is 1080 g/mol. The summed E-state index contributed by atoms with van der Waals surface area (Å²) in [4.78, 5) is 75.1. The molecule has 3 atom stereocenters. The number of hydrogen-bond acceptors (Lipinski definition) is 15. The maximum Gasteiger partial charge on any atom is 0.258 e. The number of aliphatic hydroxyl groups is 2. The summed E-state index contributed by atoms with van der Waals surface area (Å²) in [6, 6.07) is 9.07. The summed E-state index contributed by atoms with van der Waals surface area (Å²) in [5.41, 5.74) is 6.91. The fraction of sp³-hybridized carbons (Fsp3) is 0.566. The molecule has 0 bridgehead atoms. The third-order valence-electron chi connectivity index (χ3n) is 14.9. The molecule has 1 saturated carbocycles. The van der Waals surface area contributed by atoms with Gasteiger partial charge >= 0.3 is 0 Å². The van der Waals surface area contributed by atoms with Gasteiger partial charge in [0, 0.05) is 62.7 Å². The highest BCUT2D eigenvalue weighted by atomic mass is 35.5. The minimum atomic E-state index is -1.98. The number of nitrogens with one attached hydrogen (secondary N) is 3. The van der Waals surface area contributed by atoms with Gasteiger partial charge in [-0.1, -0.05) is 69.3 Å². The zero-order chi connectivity index (χ0) is 53.0. The summed E-state index contributed by atoms with van der Waals surface area (Å²) in [6.07, 6.45) is 6.18. The highest BCUT2D eigenvalue weighted by Crippen LogP contribution is 2.41. The van der Waals surface area contributed by atoms with Crippen LogP contribution in [0, 0.1) is 17.8 Å². The van der Waals surface area contributed by atoms with E-state index in [1.807, 2.05) is 37.3 Å². The Morgan fingerprint density at radius 1 is 1.03 bits per heavy atom. The molecule has 2 aromatic heterocycles. The van der Waals surface area contributed by atoms with Crippen LogP contribution < -0.4 is 31.3 Å². The molecule has 3 aliphatic heterocycles. The van der Waals surface area contributed by atoms with Gasteiger partial charge < -0.3 is 51.3 Å². The summed E-state index contributed by atoms with van der Waals surface area (Å²) in [5, 5.41) is 31.7. The number of piperidine rings is 2. The van der Waals surface area contributed by atoms with Gasteiger partial charge in [-0.2, -0.15) is 0 Å². The zero-order valence-electron chi connectivity index (χ0n) is 42.9. The van der Waals surface area contributed by atoms with E-state index in [4.69, 9.17) is 22.1 Å². The summed E-state index contributed by atoms with van der Waals surface area (Å²) in [6.45, 7) is 14.1. The number of benzene rings is 2. The van der Waals surface area contributed by atoms with Gasteiger partial charge in [0.2, 0.25) is 17.7 Å². The highest BCUT2D eigenvalue weighted by Gasteiger charge is 2.53. The number of aryl methyl sites for hydroxylation is 1. The van der Waals surface area contributed by atoms with E-state index < -0.39 is 52.6 Å². The molecular formula is C53H70ClFN10O7S2. The molecule has 17 nitrogen and oxygen atoms in total. The Bertz CT molecular complexity index is 2650. The van der Waals surface area contributed by atoms with Crippen molar-refractivity contribution in [1.82, 2.24) is 35.4 Å². The second kappa shape index (κ2) is 23.1. The average molecular weight is 1080 g/mol. The normalized spacial score (nSPS) is 20.7. The Balaban J connectivity index is 0.813. The van der Waals surface area contributed by atoms with Crippen LogP contribution in [0.3, 0.4) is 0 Å². The lowest BCUT2D eigenvalue weighted by Gasteiger charge is -2.39. The Kier molecular flexibility index (Phi) is 17.3. The van der Waals surface area contributed by atoms with Gasteiger partial charge in [0.25, 0.3) is 5.91 Å². The number of aliphatic hydroxyl groups excluding tert-OH is 1. The Hall–Kier alpha value is -4.96. The number of aromatic nitrogens is 3. The molecule has 4 aliphatic rings. The maximum absolute atomic E-state index is 14.7. The van der Waals surface area contributed by atoms with Gasteiger partial charge in [-0.3, -0.25) is 19.2 Å². The number of thiazole rings is 1. The summed E-state index contributed by atoms with van der Waals surface area (Å²) < 4.78 is 21.1. The van der Waals surface area contributed by atoms with Crippen LogP contribution in [0.25, 0.3) is 10.4 Å². The minimum absolute atomic E-state index is 0.00934. The molecule has 21 heteroatoms. The van der Waals surface area contributed by atoms with Crippen molar-refractivity contribution >= 4 is 69.8 Å². The largest absolute Gasteiger partial charge is 0.493 e. The van der Waals surface area contributed by atoms with Crippen LogP contribution in [0.4, 0.5) is 15.9 Å². The first-order valence-electron chi connectivity index (χ1n) is 25.6. The number of alkyl halides is 1. The van der Waals surface area contributed by atoms with Crippen LogP contribution >= 0.6 is 34.7 Å². The molecule has 3 saturated heterocycles. The molecule has 74 heavy (non-hydrogen) atoms. The SMILES string of the molecule is Cc1ncsc1-c1ccc(CNC(=O)[C@@H]2C[C@@H](O)CN2C(=O)[C@@H](NC(=O)C2(F)CC2)C(C)(C)C)c(OCCCN2CCC(O)(CC(=O)Nc3cccc(Sc4cnc(N5CCC(C)(CN)CC5)cn4)c3Cl)CC2)c1. The first kappa shape index (κ1) is 55.3. The maximum atomic E-state index is 14.7. The number of ether oxygens (including phenoxy) is 1. The third-order valence-corrected chi connectivity index (χ3v) is 17.4. The van der Waals surface area contributed by atoms with E-state index in [-0.39, 0.29) is 50.1 Å². The lowest BCUT2D eigenvalue weighted by atomic mass is 9.80. The number of anilines is 2. The second-order valence-corrected chi connectivity index (χ2v) is 24.2. The first-order valence-corrected chi connectivity index (χ1v) is 27.6. The number of rotatable bonds is 19. The average Bonchev–Trinajstić information content (AvgIpc) is 3.78. The van der Waals surface area contributed by atoms with Crippen LogP contribution in [0.5, 0.6) is 5.75 Å². The van der Waals surface area contributed by atoms with E-state index in [1.54, 1.807) is 44.7 Å². The van der Waals surface area contributed by atoms with Crippen LogP contribution in [-0.2, 0) is 25.7 Å². The molecule has 2 aromatic carbocycles. The van der Waals surface area contributed by atoms with Gasteiger partial charge in [0.1, 0.15) is 28.7 Å². The number of likely N-dealkylation sites (tertiary alicyclic amines) is 2. The minimum Gasteiger partial charge on any atom is -0.493 e. The molecular weight excluding hydrogens is 1010 g/mol. The number of nitrogens with two attached hydrogens (primary N) is 1. The number of hydrogen-bond donors (Lipinski definition) is 6. The first-order chi connectivity index (χ1) is 35.1. The van der Waals surface area contributed by atoms with Gasteiger partial charge in [-0.25, -0.2) is 19.3 Å². The molecule has 400 valence electrons. The van der Waals surface area contributed by atoms with E-state index >= 15 is 0 Å². The number of nitrogens with zero attached hydrogens (tertiary/aromatic N) is 6. The van der Waals surface area contributed by atoms with Gasteiger partial charge in [0.05, 0.1) is 63.9 Å². The lowest BCUT2D eigenvalue weighted by Crippen LogP contribution is -2.59. The van der Waals surface area contributed by atoms with E-state index in [2.05, 4.69) is 47.6 Å². The Morgan fingerprint density at radius 2 is 1.77 bits per heavy atom. The fourth-order valence-corrected chi connectivity index (χ4v) is 11.6. The van der Waals surface area contributed by atoms with E-state index in [9.17, 15) is 33.8 Å². The van der Waals surface area contributed by atoms with Crippen molar-refractivity contribution in [2.75, 3.05) is 62.6 Å². The number of halogens is 2. The van der Waals surface area contributed by atoms with Crippen molar-refractivity contribution in [3.63, 3.8) is 0 Å². The smallest absolute Gasteiger partial charge is 0.258 e.